The highest BCUT2D eigenvalue weighted by Gasteiger charge is 2.24. The van der Waals surface area contributed by atoms with Gasteiger partial charge in [0.25, 0.3) is 11.8 Å². The number of carbonyl (C=O) groups excluding carboxylic acids is 3. The molecule has 0 spiro atoms. The van der Waals surface area contributed by atoms with Crippen LogP contribution in [0.15, 0.2) is 53.0 Å². The standard InChI is InChI=1S/C24H23BrN4O5S/c1-14-7-6-10-16(18(14)25)23(32)29(13-17(30)26-2)12-11-27-21(31)19-20(15-8-4-3-5-9-15)35-22(28-19)24(33)34/h3-10H,11-13H2,1-2H3,(H,26,30)(H,27,31)(H,33,34). The van der Waals surface area contributed by atoms with Gasteiger partial charge >= 0.3 is 5.97 Å². The molecule has 1 heterocycles. The van der Waals surface area contributed by atoms with Gasteiger partial charge in [-0.15, -0.1) is 11.3 Å². The average molecular weight is 559 g/mol. The normalized spacial score (nSPS) is 10.5. The van der Waals surface area contributed by atoms with E-state index in [1.54, 1.807) is 36.4 Å². The number of aromatic carboxylic acids is 1. The number of nitrogens with one attached hydrogen (secondary N) is 2. The fraction of sp³-hybridized carbons (Fsp3) is 0.208. The van der Waals surface area contributed by atoms with Gasteiger partial charge in [0.05, 0.1) is 17.0 Å². The molecule has 2 aromatic carbocycles. The van der Waals surface area contributed by atoms with Gasteiger partial charge in [-0.3, -0.25) is 14.4 Å². The summed E-state index contributed by atoms with van der Waals surface area (Å²) in [5.41, 5.74) is 1.93. The quantitative estimate of drug-likeness (QED) is 0.370. The third kappa shape index (κ3) is 6.31. The van der Waals surface area contributed by atoms with E-state index < -0.39 is 11.9 Å². The molecule has 182 valence electrons. The first kappa shape index (κ1) is 26.0. The summed E-state index contributed by atoms with van der Waals surface area (Å²) in [5, 5.41) is 14.3. The first-order valence-electron chi connectivity index (χ1n) is 10.6. The Morgan fingerprint density at radius 3 is 2.46 bits per heavy atom. The van der Waals surface area contributed by atoms with Crippen molar-refractivity contribution >= 4 is 51.0 Å². The van der Waals surface area contributed by atoms with Gasteiger partial charge in [-0.1, -0.05) is 42.5 Å². The second-order valence-electron chi connectivity index (χ2n) is 7.46. The molecule has 0 unspecified atom stereocenters. The summed E-state index contributed by atoms with van der Waals surface area (Å²) in [4.78, 5) is 55.3. The monoisotopic (exact) mass is 558 g/mol. The van der Waals surface area contributed by atoms with Crippen molar-refractivity contribution in [2.24, 2.45) is 0 Å². The van der Waals surface area contributed by atoms with Gasteiger partial charge in [-0.2, -0.15) is 0 Å². The number of hydrogen-bond acceptors (Lipinski definition) is 6. The van der Waals surface area contributed by atoms with Crippen molar-refractivity contribution in [3.8, 4) is 10.4 Å². The van der Waals surface area contributed by atoms with Gasteiger partial charge in [0.1, 0.15) is 5.69 Å². The van der Waals surface area contributed by atoms with E-state index in [1.165, 1.54) is 11.9 Å². The number of halogens is 1. The summed E-state index contributed by atoms with van der Waals surface area (Å²) in [6.45, 7) is 1.74. The molecule has 0 saturated carbocycles. The number of carboxylic acids is 1. The van der Waals surface area contributed by atoms with Crippen molar-refractivity contribution in [3.63, 3.8) is 0 Å². The van der Waals surface area contributed by atoms with E-state index in [-0.39, 0.29) is 42.2 Å². The molecule has 11 heteroatoms. The van der Waals surface area contributed by atoms with Crippen LogP contribution in [0.1, 0.15) is 36.2 Å². The Bertz CT molecular complexity index is 1260. The number of likely N-dealkylation sites (N-methyl/N-ethyl adjacent to an activating group) is 1. The molecule has 0 aliphatic carbocycles. The zero-order valence-corrected chi connectivity index (χ0v) is 21.4. The van der Waals surface area contributed by atoms with E-state index in [1.807, 2.05) is 19.1 Å². The van der Waals surface area contributed by atoms with E-state index in [0.717, 1.165) is 16.9 Å². The molecule has 35 heavy (non-hydrogen) atoms. The summed E-state index contributed by atoms with van der Waals surface area (Å²) in [6, 6.07) is 14.2. The molecule has 3 aromatic rings. The zero-order chi connectivity index (χ0) is 25.5. The fourth-order valence-corrected chi connectivity index (χ4v) is 4.57. The predicted molar refractivity (Wildman–Crippen MR) is 136 cm³/mol. The summed E-state index contributed by atoms with van der Waals surface area (Å²) in [7, 11) is 1.47. The smallest absolute Gasteiger partial charge is 0.365 e. The molecule has 0 saturated heterocycles. The van der Waals surface area contributed by atoms with E-state index in [9.17, 15) is 24.3 Å². The van der Waals surface area contributed by atoms with Gasteiger partial charge in [0.2, 0.25) is 10.9 Å². The van der Waals surface area contributed by atoms with Gasteiger partial charge in [0, 0.05) is 24.6 Å². The largest absolute Gasteiger partial charge is 0.476 e. The summed E-state index contributed by atoms with van der Waals surface area (Å²) in [5.74, 6) is -2.52. The van der Waals surface area contributed by atoms with Gasteiger partial charge in [0.15, 0.2) is 0 Å². The second kappa shape index (κ2) is 11.7. The fourth-order valence-electron chi connectivity index (χ4n) is 3.23. The molecular weight excluding hydrogens is 536 g/mol. The van der Waals surface area contributed by atoms with Crippen LogP contribution in [-0.2, 0) is 4.79 Å². The number of aryl methyl sites for hydroxylation is 1. The van der Waals surface area contributed by atoms with Crippen LogP contribution in [0.2, 0.25) is 0 Å². The molecule has 0 atom stereocenters. The maximum atomic E-state index is 13.2. The number of thiazole rings is 1. The Balaban J connectivity index is 1.78. The summed E-state index contributed by atoms with van der Waals surface area (Å²) in [6.07, 6.45) is 0. The highest BCUT2D eigenvalue weighted by molar-refractivity contribution is 9.10. The molecule has 9 nitrogen and oxygen atoms in total. The van der Waals surface area contributed by atoms with Crippen molar-refractivity contribution in [3.05, 3.63) is 74.8 Å². The molecule has 0 bridgehead atoms. The number of carbonyl (C=O) groups is 4. The van der Waals surface area contributed by atoms with E-state index in [4.69, 9.17) is 0 Å². The van der Waals surface area contributed by atoms with E-state index >= 15 is 0 Å². The number of nitrogens with zero attached hydrogens (tertiary/aromatic N) is 2. The van der Waals surface area contributed by atoms with Crippen LogP contribution in [0.3, 0.4) is 0 Å². The predicted octanol–water partition coefficient (Wildman–Crippen LogP) is 3.20. The lowest BCUT2D eigenvalue weighted by Gasteiger charge is -2.23. The zero-order valence-electron chi connectivity index (χ0n) is 19.0. The average Bonchev–Trinajstić information content (AvgIpc) is 3.31. The highest BCUT2D eigenvalue weighted by atomic mass is 79.9. The molecule has 0 aliphatic rings. The van der Waals surface area contributed by atoms with Crippen molar-refractivity contribution < 1.29 is 24.3 Å². The molecular formula is C24H23BrN4O5S. The number of benzene rings is 2. The number of carboxylic acid groups (broad SMARTS) is 1. The number of amides is 3. The molecule has 3 N–H and O–H groups in total. The molecule has 3 amide bonds. The van der Waals surface area contributed by atoms with E-state index in [2.05, 4.69) is 31.5 Å². The van der Waals surface area contributed by atoms with Crippen LogP contribution in [0.5, 0.6) is 0 Å². The van der Waals surface area contributed by atoms with Gasteiger partial charge < -0.3 is 20.6 Å². The van der Waals surface area contributed by atoms with Gasteiger partial charge in [-0.05, 0) is 40.0 Å². The maximum absolute atomic E-state index is 13.2. The van der Waals surface area contributed by atoms with Crippen LogP contribution >= 0.6 is 27.3 Å². The van der Waals surface area contributed by atoms with E-state index in [0.29, 0.717) is 20.5 Å². The number of aromatic nitrogens is 1. The number of hydrogen-bond donors (Lipinski definition) is 3. The lowest BCUT2D eigenvalue weighted by molar-refractivity contribution is -0.121. The molecule has 0 aliphatic heterocycles. The minimum atomic E-state index is -1.22. The van der Waals surface area contributed by atoms with Crippen molar-refractivity contribution in [2.45, 2.75) is 6.92 Å². The first-order valence-corrected chi connectivity index (χ1v) is 12.2. The molecule has 1 aromatic heterocycles. The third-order valence-electron chi connectivity index (χ3n) is 5.05. The second-order valence-corrected chi connectivity index (χ2v) is 9.25. The Morgan fingerprint density at radius 2 is 1.80 bits per heavy atom. The summed E-state index contributed by atoms with van der Waals surface area (Å²) < 4.78 is 0.632. The van der Waals surface area contributed by atoms with Gasteiger partial charge in [-0.25, -0.2) is 9.78 Å². The third-order valence-corrected chi connectivity index (χ3v) is 7.20. The lowest BCUT2D eigenvalue weighted by atomic mass is 10.1. The van der Waals surface area contributed by atoms with Crippen LogP contribution in [-0.4, -0.2) is 65.4 Å². The minimum absolute atomic E-state index is 0.00999. The van der Waals surface area contributed by atoms with Crippen molar-refractivity contribution in [1.29, 1.82) is 0 Å². The van der Waals surface area contributed by atoms with Crippen LogP contribution in [0, 0.1) is 6.92 Å². The minimum Gasteiger partial charge on any atom is -0.476 e. The molecule has 0 radical (unpaired) electrons. The highest BCUT2D eigenvalue weighted by Crippen LogP contribution is 2.30. The van der Waals surface area contributed by atoms with Crippen molar-refractivity contribution in [1.82, 2.24) is 20.5 Å². The lowest BCUT2D eigenvalue weighted by Crippen LogP contribution is -2.44. The Hall–Kier alpha value is -3.57. The van der Waals surface area contributed by atoms with Crippen molar-refractivity contribution in [2.75, 3.05) is 26.7 Å². The number of rotatable bonds is 9. The molecule has 3 rings (SSSR count). The van der Waals surface area contributed by atoms with Crippen LogP contribution in [0.4, 0.5) is 0 Å². The Labute approximate surface area is 214 Å². The Kier molecular flexibility index (Phi) is 8.72. The Morgan fingerprint density at radius 1 is 1.09 bits per heavy atom. The first-order chi connectivity index (χ1) is 16.7. The summed E-state index contributed by atoms with van der Waals surface area (Å²) >= 11 is 4.34. The maximum Gasteiger partial charge on any atom is 0.365 e. The topological polar surface area (TPSA) is 129 Å². The van der Waals surface area contributed by atoms with Crippen LogP contribution < -0.4 is 10.6 Å². The molecule has 0 fully saturated rings. The van der Waals surface area contributed by atoms with Crippen LogP contribution in [0.25, 0.3) is 10.4 Å². The SMILES string of the molecule is CNC(=O)CN(CCNC(=O)c1nc(C(=O)O)sc1-c1ccccc1)C(=O)c1cccc(C)c1Br.